The minimum Gasteiger partial charge on any atom is -0.494 e. The van der Waals surface area contributed by atoms with Crippen LogP contribution in [0.4, 0.5) is 0 Å². The van der Waals surface area contributed by atoms with Gasteiger partial charge in [-0.25, -0.2) is 0 Å². The van der Waals surface area contributed by atoms with Crippen molar-refractivity contribution >= 4 is 5.91 Å². The number of rotatable bonds is 7. The van der Waals surface area contributed by atoms with Gasteiger partial charge in [-0.15, -0.1) is 0 Å². The van der Waals surface area contributed by atoms with E-state index >= 15 is 0 Å². The first-order valence-corrected chi connectivity index (χ1v) is 5.96. The van der Waals surface area contributed by atoms with Crippen molar-refractivity contribution in [2.24, 2.45) is 0 Å². The third-order valence-corrected chi connectivity index (χ3v) is 2.35. The Labute approximate surface area is 106 Å². The Morgan fingerprint density at radius 3 is 2.72 bits per heavy atom. The van der Waals surface area contributed by atoms with E-state index in [-0.39, 0.29) is 19.1 Å². The smallest absolute Gasteiger partial charge is 0.251 e. The average Bonchev–Trinajstić information content (AvgIpc) is 2.42. The second kappa shape index (κ2) is 7.68. The molecule has 0 heterocycles. The highest BCUT2D eigenvalue weighted by Crippen LogP contribution is 2.13. The molecule has 18 heavy (non-hydrogen) atoms. The molecule has 1 rings (SSSR count). The number of amides is 1. The number of nitrogens with one attached hydrogen (secondary N) is 1. The fourth-order valence-electron chi connectivity index (χ4n) is 1.36. The van der Waals surface area contributed by atoms with Crippen LogP contribution in [0.2, 0.25) is 0 Å². The Kier molecular flexibility index (Phi) is 6.18. The molecule has 100 valence electrons. The van der Waals surface area contributed by atoms with Crippen LogP contribution in [0.1, 0.15) is 23.7 Å². The summed E-state index contributed by atoms with van der Waals surface area (Å²) < 4.78 is 5.42. The van der Waals surface area contributed by atoms with Crippen LogP contribution >= 0.6 is 0 Å². The molecule has 1 aromatic rings. The standard InChI is InChI=1S/C13H19NO4/c1-2-6-18-12-5-3-4-10(7-12)13(17)14-11(8-15)9-16/h3-5,7,11,15-16H,2,6,8-9H2,1H3,(H,14,17). The van der Waals surface area contributed by atoms with Gasteiger partial charge in [0.25, 0.3) is 5.91 Å². The van der Waals surface area contributed by atoms with Gasteiger partial charge in [0.05, 0.1) is 25.9 Å². The molecule has 0 fully saturated rings. The zero-order valence-corrected chi connectivity index (χ0v) is 10.4. The van der Waals surface area contributed by atoms with E-state index in [1.165, 1.54) is 0 Å². The van der Waals surface area contributed by atoms with Crippen LogP contribution in [0.3, 0.4) is 0 Å². The molecule has 0 aliphatic heterocycles. The molecule has 0 saturated heterocycles. The lowest BCUT2D eigenvalue weighted by atomic mass is 10.2. The second-order valence-corrected chi connectivity index (χ2v) is 3.91. The van der Waals surface area contributed by atoms with E-state index in [0.29, 0.717) is 17.9 Å². The monoisotopic (exact) mass is 253 g/mol. The third kappa shape index (κ3) is 4.35. The molecule has 0 unspecified atom stereocenters. The molecule has 5 heteroatoms. The maximum absolute atomic E-state index is 11.8. The van der Waals surface area contributed by atoms with Gasteiger partial charge in [0.2, 0.25) is 0 Å². The minimum absolute atomic E-state index is 0.297. The van der Waals surface area contributed by atoms with Crippen molar-refractivity contribution < 1.29 is 19.7 Å². The number of ether oxygens (including phenoxy) is 1. The number of hydrogen-bond acceptors (Lipinski definition) is 4. The predicted octanol–water partition coefficient (Wildman–Crippen LogP) is 0.558. The number of hydrogen-bond donors (Lipinski definition) is 3. The first kappa shape index (κ1) is 14.5. The van der Waals surface area contributed by atoms with Crippen LogP contribution in [-0.2, 0) is 0 Å². The zero-order chi connectivity index (χ0) is 13.4. The maximum Gasteiger partial charge on any atom is 0.251 e. The molecule has 0 atom stereocenters. The summed E-state index contributed by atoms with van der Waals surface area (Å²) in [5.74, 6) is 0.291. The zero-order valence-electron chi connectivity index (χ0n) is 10.4. The summed E-state index contributed by atoms with van der Waals surface area (Å²) in [6, 6.07) is 6.16. The quantitative estimate of drug-likeness (QED) is 0.663. The summed E-state index contributed by atoms with van der Waals surface area (Å²) in [4.78, 5) is 11.8. The fraction of sp³-hybridized carbons (Fsp3) is 0.462. The topological polar surface area (TPSA) is 78.8 Å². The molecule has 0 aliphatic carbocycles. The van der Waals surface area contributed by atoms with E-state index in [4.69, 9.17) is 14.9 Å². The Morgan fingerprint density at radius 1 is 1.39 bits per heavy atom. The van der Waals surface area contributed by atoms with Gasteiger partial charge < -0.3 is 20.3 Å². The Bertz CT molecular complexity index is 377. The second-order valence-electron chi connectivity index (χ2n) is 3.91. The third-order valence-electron chi connectivity index (χ3n) is 2.35. The first-order valence-electron chi connectivity index (χ1n) is 5.96. The van der Waals surface area contributed by atoms with Crippen molar-refractivity contribution in [3.8, 4) is 5.75 Å². The largest absolute Gasteiger partial charge is 0.494 e. The van der Waals surface area contributed by atoms with Crippen LogP contribution in [0.15, 0.2) is 24.3 Å². The van der Waals surface area contributed by atoms with Crippen LogP contribution < -0.4 is 10.1 Å². The van der Waals surface area contributed by atoms with E-state index in [0.717, 1.165) is 6.42 Å². The van der Waals surface area contributed by atoms with E-state index in [1.807, 2.05) is 6.92 Å². The summed E-state index contributed by atoms with van der Waals surface area (Å²) in [7, 11) is 0. The SMILES string of the molecule is CCCOc1cccc(C(=O)NC(CO)CO)c1. The van der Waals surface area contributed by atoms with Gasteiger partial charge in [0.1, 0.15) is 5.75 Å². The van der Waals surface area contributed by atoms with Crippen molar-refractivity contribution in [1.82, 2.24) is 5.32 Å². The molecule has 0 aromatic heterocycles. The summed E-state index contributed by atoms with van der Waals surface area (Å²) >= 11 is 0. The Balaban J connectivity index is 2.67. The number of aliphatic hydroxyl groups excluding tert-OH is 2. The fourth-order valence-corrected chi connectivity index (χ4v) is 1.36. The molecular formula is C13H19NO4. The lowest BCUT2D eigenvalue weighted by Gasteiger charge is -2.13. The maximum atomic E-state index is 11.8. The minimum atomic E-state index is -0.641. The summed E-state index contributed by atoms with van der Waals surface area (Å²) in [5.41, 5.74) is 0.440. The van der Waals surface area contributed by atoms with Crippen molar-refractivity contribution in [2.75, 3.05) is 19.8 Å². The normalized spacial score (nSPS) is 10.4. The van der Waals surface area contributed by atoms with Gasteiger partial charge in [0.15, 0.2) is 0 Å². The lowest BCUT2D eigenvalue weighted by molar-refractivity contribution is 0.0879. The van der Waals surface area contributed by atoms with Crippen molar-refractivity contribution in [2.45, 2.75) is 19.4 Å². The Hall–Kier alpha value is -1.59. The van der Waals surface area contributed by atoms with E-state index in [1.54, 1.807) is 24.3 Å². The molecule has 0 bridgehead atoms. The number of benzene rings is 1. The Morgan fingerprint density at radius 2 is 2.11 bits per heavy atom. The van der Waals surface area contributed by atoms with Crippen molar-refractivity contribution in [3.63, 3.8) is 0 Å². The van der Waals surface area contributed by atoms with Gasteiger partial charge in [0, 0.05) is 5.56 Å². The van der Waals surface area contributed by atoms with Gasteiger partial charge in [-0.1, -0.05) is 13.0 Å². The molecule has 0 spiro atoms. The van der Waals surface area contributed by atoms with Gasteiger partial charge in [-0.05, 0) is 24.6 Å². The van der Waals surface area contributed by atoms with Gasteiger partial charge in [-0.3, -0.25) is 4.79 Å². The summed E-state index contributed by atoms with van der Waals surface area (Å²) in [6.07, 6.45) is 0.896. The van der Waals surface area contributed by atoms with Crippen molar-refractivity contribution in [1.29, 1.82) is 0 Å². The highest BCUT2D eigenvalue weighted by molar-refractivity contribution is 5.94. The highest BCUT2D eigenvalue weighted by Gasteiger charge is 2.12. The van der Waals surface area contributed by atoms with Gasteiger partial charge >= 0.3 is 0 Å². The lowest BCUT2D eigenvalue weighted by Crippen LogP contribution is -2.40. The molecule has 3 N–H and O–H groups in total. The molecule has 0 saturated carbocycles. The molecular weight excluding hydrogens is 234 g/mol. The predicted molar refractivity (Wildman–Crippen MR) is 67.7 cm³/mol. The first-order chi connectivity index (χ1) is 8.71. The molecule has 1 amide bonds. The molecule has 0 radical (unpaired) electrons. The number of aliphatic hydroxyl groups is 2. The van der Waals surface area contributed by atoms with Crippen LogP contribution in [-0.4, -0.2) is 42.0 Å². The highest BCUT2D eigenvalue weighted by atomic mass is 16.5. The number of carbonyl (C=O) groups excluding carboxylic acids is 1. The summed E-state index contributed by atoms with van der Waals surface area (Å²) in [6.45, 7) is 2.01. The van der Waals surface area contributed by atoms with E-state index in [9.17, 15) is 4.79 Å². The molecule has 1 aromatic carbocycles. The van der Waals surface area contributed by atoms with Crippen LogP contribution in [0, 0.1) is 0 Å². The van der Waals surface area contributed by atoms with E-state index < -0.39 is 6.04 Å². The number of carbonyl (C=O) groups is 1. The average molecular weight is 253 g/mol. The summed E-state index contributed by atoms with van der Waals surface area (Å²) in [5, 5.41) is 20.3. The molecule has 5 nitrogen and oxygen atoms in total. The van der Waals surface area contributed by atoms with Crippen LogP contribution in [0.25, 0.3) is 0 Å². The van der Waals surface area contributed by atoms with Gasteiger partial charge in [-0.2, -0.15) is 0 Å². The van der Waals surface area contributed by atoms with Crippen LogP contribution in [0.5, 0.6) is 5.75 Å². The van der Waals surface area contributed by atoms with Crippen molar-refractivity contribution in [3.05, 3.63) is 29.8 Å². The van der Waals surface area contributed by atoms with E-state index in [2.05, 4.69) is 5.32 Å². The molecule has 0 aliphatic rings.